The summed E-state index contributed by atoms with van der Waals surface area (Å²) in [5.74, 6) is -3.02. The second-order valence-corrected chi connectivity index (χ2v) is 5.08. The van der Waals surface area contributed by atoms with E-state index in [1.807, 2.05) is 12.1 Å². The highest BCUT2D eigenvalue weighted by Gasteiger charge is 2.16. The van der Waals surface area contributed by atoms with Crippen molar-refractivity contribution in [2.45, 2.75) is 17.2 Å². The molecule has 110 valence electrons. The Hall–Kier alpha value is -2.02. The van der Waals surface area contributed by atoms with E-state index < -0.39 is 11.7 Å². The van der Waals surface area contributed by atoms with Crippen molar-refractivity contribution >= 4 is 17.7 Å². The highest BCUT2D eigenvalue weighted by Crippen LogP contribution is 2.26. The Kier molecular flexibility index (Phi) is 5.62. The first-order chi connectivity index (χ1) is 10.2. The minimum atomic E-state index is -2.61. The number of pyridine rings is 2. The lowest BCUT2D eigenvalue weighted by atomic mass is 10.2. The summed E-state index contributed by atoms with van der Waals surface area (Å²) in [6.45, 7) is 0.401. The van der Waals surface area contributed by atoms with Gasteiger partial charge in [-0.3, -0.25) is 9.78 Å². The monoisotopic (exact) mass is 309 g/mol. The molecule has 0 aromatic carbocycles. The number of carbonyl (C=O) groups excluding carboxylic acids is 1. The molecule has 0 aliphatic heterocycles. The van der Waals surface area contributed by atoms with Crippen LogP contribution in [0.4, 0.5) is 8.78 Å². The topological polar surface area (TPSA) is 54.9 Å². The van der Waals surface area contributed by atoms with E-state index in [2.05, 4.69) is 15.3 Å². The highest BCUT2D eigenvalue weighted by molar-refractivity contribution is 7.99. The molecule has 0 spiro atoms. The molecule has 0 radical (unpaired) electrons. The zero-order valence-corrected chi connectivity index (χ0v) is 11.8. The fourth-order valence-corrected chi connectivity index (χ4v) is 2.28. The van der Waals surface area contributed by atoms with Crippen molar-refractivity contribution in [3.63, 3.8) is 0 Å². The number of rotatable bonds is 6. The molecule has 0 fully saturated rings. The van der Waals surface area contributed by atoms with Gasteiger partial charge in [0.25, 0.3) is 11.7 Å². The van der Waals surface area contributed by atoms with E-state index in [1.165, 1.54) is 12.3 Å². The van der Waals surface area contributed by atoms with Gasteiger partial charge in [-0.25, -0.2) is 4.98 Å². The van der Waals surface area contributed by atoms with E-state index in [4.69, 9.17) is 0 Å². The summed E-state index contributed by atoms with van der Waals surface area (Å²) in [4.78, 5) is 19.8. The van der Waals surface area contributed by atoms with Crippen molar-refractivity contribution in [2.24, 2.45) is 0 Å². The van der Waals surface area contributed by atoms with E-state index in [9.17, 15) is 13.6 Å². The third-order valence-corrected chi connectivity index (χ3v) is 3.37. The molecule has 4 nitrogen and oxygen atoms in total. The second-order valence-electron chi connectivity index (χ2n) is 4.10. The molecule has 2 heterocycles. The Bertz CT molecular complexity index is 596. The Morgan fingerprint density at radius 2 is 2.10 bits per heavy atom. The van der Waals surface area contributed by atoms with Gasteiger partial charge in [0.15, 0.2) is 0 Å². The van der Waals surface area contributed by atoms with Gasteiger partial charge in [0.1, 0.15) is 5.03 Å². The van der Waals surface area contributed by atoms with Crippen LogP contribution in [0.3, 0.4) is 0 Å². The molecule has 0 bridgehead atoms. The third-order valence-electron chi connectivity index (χ3n) is 2.64. The van der Waals surface area contributed by atoms with Gasteiger partial charge in [-0.1, -0.05) is 6.07 Å². The minimum absolute atomic E-state index is 0.0337. The maximum Gasteiger partial charge on any atom is 0.290 e. The lowest BCUT2D eigenvalue weighted by Crippen LogP contribution is -2.26. The van der Waals surface area contributed by atoms with Crippen molar-refractivity contribution in [3.8, 4) is 0 Å². The average molecular weight is 309 g/mol. The molecule has 2 rings (SSSR count). The number of halogens is 2. The van der Waals surface area contributed by atoms with Gasteiger partial charge in [-0.15, -0.1) is 0 Å². The predicted octanol–water partition coefficient (Wildman–Crippen LogP) is 2.76. The van der Waals surface area contributed by atoms with Crippen molar-refractivity contribution in [2.75, 3.05) is 6.54 Å². The van der Waals surface area contributed by atoms with Crippen LogP contribution in [0.5, 0.6) is 0 Å². The van der Waals surface area contributed by atoms with Crippen LogP contribution >= 0.6 is 11.8 Å². The number of thioether (sulfide) groups is 1. The van der Waals surface area contributed by atoms with Crippen LogP contribution in [0.1, 0.15) is 15.9 Å². The van der Waals surface area contributed by atoms with E-state index in [0.29, 0.717) is 13.0 Å². The first-order valence-electron chi connectivity index (χ1n) is 6.24. The predicted molar refractivity (Wildman–Crippen MR) is 76.4 cm³/mol. The molecule has 0 aliphatic carbocycles. The van der Waals surface area contributed by atoms with Crippen molar-refractivity contribution < 1.29 is 13.6 Å². The molecule has 0 atom stereocenters. The molecule has 0 aliphatic rings. The highest BCUT2D eigenvalue weighted by atomic mass is 32.2. The number of alkyl halides is 2. The standard InChI is InChI=1S/C14H13F2N3OS/c15-14(16)21-13-11(4-2-7-19-13)12(20)18-8-5-10-3-1-6-17-9-10/h1-4,6-7,9,14H,5,8H2,(H,18,20). The second kappa shape index (κ2) is 7.68. The SMILES string of the molecule is O=C(NCCc1cccnc1)c1cccnc1SC(F)F. The van der Waals surface area contributed by atoms with Gasteiger partial charge >= 0.3 is 0 Å². The number of amides is 1. The smallest absolute Gasteiger partial charge is 0.290 e. The Morgan fingerprint density at radius 3 is 2.81 bits per heavy atom. The van der Waals surface area contributed by atoms with Crippen LogP contribution in [0.15, 0.2) is 47.9 Å². The summed E-state index contributed by atoms with van der Waals surface area (Å²) >= 11 is 0.268. The molecule has 2 aromatic rings. The summed E-state index contributed by atoms with van der Waals surface area (Å²) in [5.41, 5.74) is 1.15. The summed E-state index contributed by atoms with van der Waals surface area (Å²) in [5, 5.41) is 2.73. The van der Waals surface area contributed by atoms with Crippen LogP contribution in [0.2, 0.25) is 0 Å². The Balaban J connectivity index is 1.94. The van der Waals surface area contributed by atoms with Crippen LogP contribution in [-0.4, -0.2) is 28.2 Å². The average Bonchev–Trinajstić information content (AvgIpc) is 2.48. The molecule has 1 amide bonds. The number of carbonyl (C=O) groups is 1. The zero-order chi connectivity index (χ0) is 15.1. The van der Waals surface area contributed by atoms with Crippen LogP contribution in [0.25, 0.3) is 0 Å². The fraction of sp³-hybridized carbons (Fsp3) is 0.214. The third kappa shape index (κ3) is 4.78. The number of hydrogen-bond donors (Lipinski definition) is 1. The van der Waals surface area contributed by atoms with Gasteiger partial charge in [0, 0.05) is 25.1 Å². The summed E-state index contributed by atoms with van der Waals surface area (Å²) < 4.78 is 24.8. The maximum absolute atomic E-state index is 12.4. The zero-order valence-electron chi connectivity index (χ0n) is 11.0. The quantitative estimate of drug-likeness (QED) is 0.834. The largest absolute Gasteiger partial charge is 0.352 e. The van der Waals surface area contributed by atoms with E-state index in [0.717, 1.165) is 5.56 Å². The van der Waals surface area contributed by atoms with Gasteiger partial charge in [0.05, 0.1) is 5.56 Å². The fourth-order valence-electron chi connectivity index (χ4n) is 1.70. The Labute approximate surface area is 125 Å². The van der Waals surface area contributed by atoms with Crippen molar-refractivity contribution in [1.82, 2.24) is 15.3 Å². The molecule has 2 aromatic heterocycles. The molecule has 21 heavy (non-hydrogen) atoms. The molecule has 0 unspecified atom stereocenters. The lowest BCUT2D eigenvalue weighted by molar-refractivity contribution is 0.0950. The van der Waals surface area contributed by atoms with E-state index >= 15 is 0 Å². The first kappa shape index (κ1) is 15.4. The van der Waals surface area contributed by atoms with Gasteiger partial charge in [0.2, 0.25) is 0 Å². The van der Waals surface area contributed by atoms with E-state index in [1.54, 1.807) is 18.5 Å². The van der Waals surface area contributed by atoms with Gasteiger partial charge in [-0.2, -0.15) is 8.78 Å². The molecule has 7 heteroatoms. The van der Waals surface area contributed by atoms with Crippen LogP contribution in [0, 0.1) is 0 Å². The van der Waals surface area contributed by atoms with Gasteiger partial charge < -0.3 is 5.32 Å². The maximum atomic E-state index is 12.4. The van der Waals surface area contributed by atoms with Crippen molar-refractivity contribution in [3.05, 3.63) is 54.0 Å². The summed E-state index contributed by atoms with van der Waals surface area (Å²) in [6, 6.07) is 6.75. The Morgan fingerprint density at radius 1 is 1.29 bits per heavy atom. The van der Waals surface area contributed by atoms with E-state index in [-0.39, 0.29) is 22.4 Å². The summed E-state index contributed by atoms with van der Waals surface area (Å²) in [6.07, 6.45) is 5.40. The van der Waals surface area contributed by atoms with Crippen molar-refractivity contribution in [1.29, 1.82) is 0 Å². The normalized spacial score (nSPS) is 10.6. The molecular weight excluding hydrogens is 296 g/mol. The summed E-state index contributed by atoms with van der Waals surface area (Å²) in [7, 11) is 0. The lowest BCUT2D eigenvalue weighted by Gasteiger charge is -2.08. The number of nitrogens with zero attached hydrogens (tertiary/aromatic N) is 2. The molecule has 0 saturated heterocycles. The van der Waals surface area contributed by atoms with Gasteiger partial charge in [-0.05, 0) is 41.9 Å². The van der Waals surface area contributed by atoms with Crippen LogP contribution in [-0.2, 0) is 6.42 Å². The number of hydrogen-bond acceptors (Lipinski definition) is 4. The molecule has 1 N–H and O–H groups in total. The minimum Gasteiger partial charge on any atom is -0.352 e. The van der Waals surface area contributed by atoms with Crippen LogP contribution < -0.4 is 5.32 Å². The number of nitrogens with one attached hydrogen (secondary N) is 1. The first-order valence-corrected chi connectivity index (χ1v) is 7.11. The molecule has 0 saturated carbocycles. The molecular formula is C14H13F2N3OS. The number of aromatic nitrogens is 2.